The van der Waals surface area contributed by atoms with Crippen molar-refractivity contribution < 1.29 is 0 Å². The van der Waals surface area contributed by atoms with E-state index in [-0.39, 0.29) is 11.0 Å². The van der Waals surface area contributed by atoms with Gasteiger partial charge in [0.25, 0.3) is 0 Å². The van der Waals surface area contributed by atoms with Crippen molar-refractivity contribution in [2.24, 2.45) is 5.41 Å². The van der Waals surface area contributed by atoms with Crippen LogP contribution in [0, 0.1) is 5.41 Å². The van der Waals surface area contributed by atoms with Crippen molar-refractivity contribution >= 4 is 5.69 Å². The van der Waals surface area contributed by atoms with Crippen LogP contribution in [0.4, 0.5) is 5.69 Å². The molecule has 0 bridgehead atoms. The van der Waals surface area contributed by atoms with Crippen molar-refractivity contribution in [2.75, 3.05) is 4.90 Å². The molecule has 0 saturated carbocycles. The molecule has 1 aromatic carbocycles. The highest BCUT2D eigenvalue weighted by Crippen LogP contribution is 2.39. The van der Waals surface area contributed by atoms with E-state index in [0.29, 0.717) is 6.04 Å². The van der Waals surface area contributed by atoms with Gasteiger partial charge in [-0.3, -0.25) is 0 Å². The minimum atomic E-state index is 0.114. The highest BCUT2D eigenvalue weighted by atomic mass is 15.2. The molecule has 0 atom stereocenters. The van der Waals surface area contributed by atoms with Crippen molar-refractivity contribution in [3.05, 3.63) is 30.3 Å². The third kappa shape index (κ3) is 2.83. The SMILES string of the molecule is CC(C)N(c1ccccc1)C(C)(C)C(C)(C)C. The first kappa shape index (κ1) is 14.1. The number of hydrogen-bond donors (Lipinski definition) is 0. The van der Waals surface area contributed by atoms with Gasteiger partial charge in [0, 0.05) is 17.3 Å². The van der Waals surface area contributed by atoms with Gasteiger partial charge in [-0.1, -0.05) is 39.0 Å². The zero-order chi connectivity index (χ0) is 13.3. The normalized spacial score (nSPS) is 12.9. The number of rotatable bonds is 3. The van der Waals surface area contributed by atoms with Crippen LogP contribution in [-0.4, -0.2) is 11.6 Å². The molecule has 0 spiro atoms. The van der Waals surface area contributed by atoms with Crippen molar-refractivity contribution in [1.82, 2.24) is 0 Å². The molecule has 96 valence electrons. The van der Waals surface area contributed by atoms with Crippen molar-refractivity contribution in [1.29, 1.82) is 0 Å². The largest absolute Gasteiger partial charge is 0.363 e. The lowest BCUT2D eigenvalue weighted by Gasteiger charge is -2.51. The first-order valence-corrected chi connectivity index (χ1v) is 6.52. The molecular weight excluding hydrogens is 206 g/mol. The smallest absolute Gasteiger partial charge is 0.0397 e. The topological polar surface area (TPSA) is 3.24 Å². The van der Waals surface area contributed by atoms with Crippen LogP contribution in [0.3, 0.4) is 0 Å². The number of nitrogens with zero attached hydrogens (tertiary/aromatic N) is 1. The van der Waals surface area contributed by atoms with E-state index in [0.717, 1.165) is 0 Å². The Morgan fingerprint density at radius 1 is 0.882 bits per heavy atom. The number of para-hydroxylation sites is 1. The van der Waals surface area contributed by atoms with Crippen LogP contribution >= 0.6 is 0 Å². The Bertz CT molecular complexity index is 344. The highest BCUT2D eigenvalue weighted by Gasteiger charge is 2.39. The molecule has 0 aliphatic rings. The van der Waals surface area contributed by atoms with E-state index in [2.05, 4.69) is 83.7 Å². The van der Waals surface area contributed by atoms with E-state index in [4.69, 9.17) is 0 Å². The zero-order valence-corrected chi connectivity index (χ0v) is 12.4. The van der Waals surface area contributed by atoms with Gasteiger partial charge in [0.1, 0.15) is 0 Å². The lowest BCUT2D eigenvalue weighted by molar-refractivity contribution is 0.203. The maximum atomic E-state index is 2.52. The predicted octanol–water partition coefficient (Wildman–Crippen LogP) is 4.73. The Morgan fingerprint density at radius 3 is 1.71 bits per heavy atom. The van der Waals surface area contributed by atoms with Crippen molar-refractivity contribution in [3.8, 4) is 0 Å². The van der Waals surface area contributed by atoms with Gasteiger partial charge in [0.15, 0.2) is 0 Å². The summed E-state index contributed by atoms with van der Waals surface area (Å²) in [5, 5.41) is 0. The van der Waals surface area contributed by atoms with Gasteiger partial charge in [-0.2, -0.15) is 0 Å². The van der Waals surface area contributed by atoms with Crippen molar-refractivity contribution in [2.45, 2.75) is 60.0 Å². The minimum absolute atomic E-state index is 0.114. The van der Waals surface area contributed by atoms with Gasteiger partial charge in [-0.15, -0.1) is 0 Å². The van der Waals surface area contributed by atoms with Crippen LogP contribution in [-0.2, 0) is 0 Å². The summed E-state index contributed by atoms with van der Waals surface area (Å²) < 4.78 is 0. The predicted molar refractivity (Wildman–Crippen MR) is 77.6 cm³/mol. The molecule has 0 aliphatic heterocycles. The van der Waals surface area contributed by atoms with Crippen LogP contribution in [0.5, 0.6) is 0 Å². The molecule has 0 N–H and O–H groups in total. The quantitative estimate of drug-likeness (QED) is 0.729. The molecule has 1 aromatic rings. The minimum Gasteiger partial charge on any atom is -0.363 e. The Hall–Kier alpha value is -0.980. The standard InChI is InChI=1S/C16H27N/c1-13(2)17(14-11-9-8-10-12-14)16(6,7)15(3,4)5/h8-13H,1-7H3. The summed E-state index contributed by atoms with van der Waals surface area (Å²) in [7, 11) is 0. The Morgan fingerprint density at radius 2 is 1.35 bits per heavy atom. The average Bonchev–Trinajstić information content (AvgIpc) is 2.16. The Kier molecular flexibility index (Phi) is 3.91. The van der Waals surface area contributed by atoms with E-state index in [1.807, 2.05) is 0 Å². The molecule has 0 heterocycles. The summed E-state index contributed by atoms with van der Waals surface area (Å²) in [6, 6.07) is 11.2. The first-order chi connectivity index (χ1) is 7.68. The van der Waals surface area contributed by atoms with Crippen LogP contribution in [0.25, 0.3) is 0 Å². The number of hydrogen-bond acceptors (Lipinski definition) is 1. The van der Waals surface area contributed by atoms with Crippen LogP contribution in [0.1, 0.15) is 48.5 Å². The van der Waals surface area contributed by atoms with Crippen molar-refractivity contribution in [3.63, 3.8) is 0 Å². The molecule has 1 heteroatoms. The monoisotopic (exact) mass is 233 g/mol. The molecule has 1 nitrogen and oxygen atoms in total. The molecule has 17 heavy (non-hydrogen) atoms. The summed E-state index contributed by atoms with van der Waals surface area (Å²) in [6.07, 6.45) is 0. The van der Waals surface area contributed by atoms with E-state index >= 15 is 0 Å². The van der Waals surface area contributed by atoms with E-state index in [1.165, 1.54) is 5.69 Å². The first-order valence-electron chi connectivity index (χ1n) is 6.52. The van der Waals surface area contributed by atoms with Gasteiger partial charge in [-0.05, 0) is 45.2 Å². The molecule has 1 rings (SSSR count). The van der Waals surface area contributed by atoms with E-state index in [9.17, 15) is 0 Å². The maximum absolute atomic E-state index is 2.52. The Balaban J connectivity index is 3.20. The van der Waals surface area contributed by atoms with Gasteiger partial charge < -0.3 is 4.90 Å². The molecule has 0 fully saturated rings. The number of anilines is 1. The van der Waals surface area contributed by atoms with Crippen LogP contribution in [0.2, 0.25) is 0 Å². The summed E-state index contributed by atoms with van der Waals surface area (Å²) in [4.78, 5) is 2.52. The molecular formula is C16H27N. The second-order valence-electron chi connectivity index (χ2n) is 6.61. The molecule has 0 saturated heterocycles. The molecule has 0 aromatic heterocycles. The third-order valence-electron chi connectivity index (χ3n) is 3.99. The summed E-state index contributed by atoms with van der Waals surface area (Å²) in [5.41, 5.74) is 1.65. The van der Waals surface area contributed by atoms with Gasteiger partial charge in [0.05, 0.1) is 0 Å². The van der Waals surface area contributed by atoms with Gasteiger partial charge in [-0.25, -0.2) is 0 Å². The molecule has 0 radical (unpaired) electrons. The fourth-order valence-electron chi connectivity index (χ4n) is 2.22. The molecule has 0 unspecified atom stereocenters. The van der Waals surface area contributed by atoms with E-state index < -0.39 is 0 Å². The highest BCUT2D eigenvalue weighted by molar-refractivity contribution is 5.50. The maximum Gasteiger partial charge on any atom is 0.0397 e. The zero-order valence-electron chi connectivity index (χ0n) is 12.4. The fourth-order valence-corrected chi connectivity index (χ4v) is 2.22. The average molecular weight is 233 g/mol. The molecule has 0 amide bonds. The fraction of sp³-hybridized carbons (Fsp3) is 0.625. The lowest BCUT2D eigenvalue weighted by atomic mass is 9.74. The summed E-state index contributed by atoms with van der Waals surface area (Å²) in [6.45, 7) is 16.1. The molecule has 0 aliphatic carbocycles. The second-order valence-corrected chi connectivity index (χ2v) is 6.61. The van der Waals surface area contributed by atoms with Gasteiger partial charge in [0.2, 0.25) is 0 Å². The summed E-state index contributed by atoms with van der Waals surface area (Å²) in [5.74, 6) is 0. The number of benzene rings is 1. The van der Waals surface area contributed by atoms with E-state index in [1.54, 1.807) is 0 Å². The van der Waals surface area contributed by atoms with Gasteiger partial charge >= 0.3 is 0 Å². The summed E-state index contributed by atoms with van der Waals surface area (Å²) >= 11 is 0. The van der Waals surface area contributed by atoms with Crippen LogP contribution in [0.15, 0.2) is 30.3 Å². The second kappa shape index (κ2) is 4.72. The third-order valence-corrected chi connectivity index (χ3v) is 3.99. The van der Waals surface area contributed by atoms with Crippen LogP contribution < -0.4 is 4.90 Å². The lowest BCUT2D eigenvalue weighted by Crippen LogP contribution is -2.56. The Labute approximate surface area is 107 Å².